The Morgan fingerprint density at radius 2 is 1.92 bits per heavy atom. The van der Waals surface area contributed by atoms with Gasteiger partial charge < -0.3 is 14.5 Å². The van der Waals surface area contributed by atoms with E-state index in [4.69, 9.17) is 9.15 Å². The summed E-state index contributed by atoms with van der Waals surface area (Å²) < 4.78 is 11.1. The van der Waals surface area contributed by atoms with E-state index < -0.39 is 0 Å². The Kier molecular flexibility index (Phi) is 4.46. The Labute approximate surface area is 139 Å². The zero-order valence-corrected chi connectivity index (χ0v) is 13.9. The summed E-state index contributed by atoms with van der Waals surface area (Å²) in [5, 5.41) is 3.54. The summed E-state index contributed by atoms with van der Waals surface area (Å²) in [6.45, 7) is 6.15. The molecule has 3 rings (SSSR count). The largest absolute Gasteiger partial charge is 0.467 e. The minimum atomic E-state index is -0.208. The Hall–Kier alpha value is -2.89. The number of furan rings is 1. The number of ether oxygens (including phenoxy) is 1. The molecule has 24 heavy (non-hydrogen) atoms. The van der Waals surface area contributed by atoms with Gasteiger partial charge in [-0.25, -0.2) is 9.97 Å². The molecular weight excluding hydrogens is 306 g/mol. The summed E-state index contributed by atoms with van der Waals surface area (Å²) >= 11 is 0. The zero-order valence-electron chi connectivity index (χ0n) is 13.9. The van der Waals surface area contributed by atoms with Gasteiger partial charge in [-0.15, -0.1) is 0 Å². The average Bonchev–Trinajstić information content (AvgIpc) is 2.87. The Morgan fingerprint density at radius 1 is 1.17 bits per heavy atom. The second-order valence-electron chi connectivity index (χ2n) is 5.69. The van der Waals surface area contributed by atoms with Crippen LogP contribution in [-0.4, -0.2) is 22.5 Å². The molecule has 0 saturated heterocycles. The van der Waals surface area contributed by atoms with Crippen molar-refractivity contribution in [3.63, 3.8) is 0 Å². The van der Waals surface area contributed by atoms with E-state index in [0.717, 1.165) is 16.9 Å². The molecule has 124 valence electrons. The first-order valence-electron chi connectivity index (χ1n) is 7.70. The van der Waals surface area contributed by atoms with Gasteiger partial charge >= 0.3 is 0 Å². The van der Waals surface area contributed by atoms with Gasteiger partial charge in [0.05, 0.1) is 0 Å². The van der Waals surface area contributed by atoms with E-state index in [1.165, 1.54) is 11.9 Å². The minimum absolute atomic E-state index is 0.109. The fourth-order valence-corrected chi connectivity index (χ4v) is 2.35. The van der Waals surface area contributed by atoms with Gasteiger partial charge in [-0.1, -0.05) is 29.8 Å². The van der Waals surface area contributed by atoms with Gasteiger partial charge in [-0.3, -0.25) is 4.79 Å². The quantitative estimate of drug-likeness (QED) is 0.780. The van der Waals surface area contributed by atoms with Crippen molar-refractivity contribution in [1.82, 2.24) is 15.3 Å². The lowest BCUT2D eigenvalue weighted by atomic mass is 10.1. The normalized spacial score (nSPS) is 10.8. The van der Waals surface area contributed by atoms with E-state index in [0.29, 0.717) is 23.5 Å². The van der Waals surface area contributed by atoms with Crippen molar-refractivity contribution in [2.24, 2.45) is 0 Å². The fraction of sp³-hybridized carbons (Fsp3) is 0.278. The molecule has 0 aliphatic heterocycles. The van der Waals surface area contributed by atoms with Crippen LogP contribution < -0.4 is 10.1 Å². The highest BCUT2D eigenvalue weighted by molar-refractivity contribution is 5.84. The van der Waals surface area contributed by atoms with Crippen LogP contribution in [0.4, 0.5) is 0 Å². The van der Waals surface area contributed by atoms with Gasteiger partial charge in [0, 0.05) is 12.1 Å². The van der Waals surface area contributed by atoms with E-state index >= 15 is 0 Å². The summed E-state index contributed by atoms with van der Waals surface area (Å²) in [6.07, 6.45) is 1.37. The first-order valence-corrected chi connectivity index (χ1v) is 7.70. The Balaban J connectivity index is 1.61. The lowest BCUT2D eigenvalue weighted by molar-refractivity contribution is -0.123. The lowest BCUT2D eigenvalue weighted by Gasteiger charge is -2.08. The monoisotopic (exact) mass is 325 g/mol. The van der Waals surface area contributed by atoms with Crippen molar-refractivity contribution in [3.8, 4) is 5.88 Å². The highest BCUT2D eigenvalue weighted by Crippen LogP contribution is 2.29. The molecule has 0 aliphatic carbocycles. The molecule has 0 bridgehead atoms. The molecule has 2 aromatic heterocycles. The van der Waals surface area contributed by atoms with Crippen molar-refractivity contribution in [2.75, 3.05) is 6.61 Å². The van der Waals surface area contributed by atoms with Gasteiger partial charge in [-0.05, 0) is 26.3 Å². The van der Waals surface area contributed by atoms with Crippen molar-refractivity contribution in [1.29, 1.82) is 0 Å². The first kappa shape index (κ1) is 16.0. The van der Waals surface area contributed by atoms with E-state index in [-0.39, 0.29) is 12.5 Å². The SMILES string of the molecule is Cc1ccc(CNC(=O)COc2ncnc3oc(C)c(C)c23)cc1. The van der Waals surface area contributed by atoms with Crippen LogP contribution in [-0.2, 0) is 11.3 Å². The third-order valence-corrected chi connectivity index (χ3v) is 3.88. The van der Waals surface area contributed by atoms with Gasteiger partial charge in [0.25, 0.3) is 5.91 Å². The number of aryl methyl sites for hydroxylation is 3. The molecular formula is C18H19N3O3. The van der Waals surface area contributed by atoms with E-state index in [2.05, 4.69) is 15.3 Å². The van der Waals surface area contributed by atoms with Crippen molar-refractivity contribution >= 4 is 17.0 Å². The molecule has 3 aromatic rings. The second kappa shape index (κ2) is 6.70. The number of hydrogen-bond acceptors (Lipinski definition) is 5. The number of amides is 1. The van der Waals surface area contributed by atoms with Crippen molar-refractivity contribution < 1.29 is 13.9 Å². The molecule has 1 aromatic carbocycles. The van der Waals surface area contributed by atoms with Crippen LogP contribution in [0.15, 0.2) is 35.0 Å². The maximum absolute atomic E-state index is 12.0. The fourth-order valence-electron chi connectivity index (χ4n) is 2.35. The first-order chi connectivity index (χ1) is 11.5. The van der Waals surface area contributed by atoms with Crippen LogP contribution in [0, 0.1) is 20.8 Å². The third kappa shape index (κ3) is 3.37. The number of benzene rings is 1. The molecule has 0 unspecified atom stereocenters. The summed E-state index contributed by atoms with van der Waals surface area (Å²) in [6, 6.07) is 8.00. The number of nitrogens with one attached hydrogen (secondary N) is 1. The van der Waals surface area contributed by atoms with Crippen LogP contribution in [0.1, 0.15) is 22.5 Å². The maximum Gasteiger partial charge on any atom is 0.258 e. The van der Waals surface area contributed by atoms with Crippen LogP contribution in [0.25, 0.3) is 11.1 Å². The molecule has 1 N–H and O–H groups in total. The highest BCUT2D eigenvalue weighted by Gasteiger charge is 2.15. The number of hydrogen-bond donors (Lipinski definition) is 1. The van der Waals surface area contributed by atoms with Crippen LogP contribution in [0.5, 0.6) is 5.88 Å². The van der Waals surface area contributed by atoms with Gasteiger partial charge in [0.2, 0.25) is 11.6 Å². The molecule has 2 heterocycles. The van der Waals surface area contributed by atoms with Gasteiger partial charge in [-0.2, -0.15) is 0 Å². The summed E-state index contributed by atoms with van der Waals surface area (Å²) in [4.78, 5) is 20.2. The standard InChI is InChI=1S/C18H19N3O3/c1-11-4-6-14(7-5-11)8-19-15(22)9-23-17-16-12(2)13(3)24-18(16)21-10-20-17/h4-7,10H,8-9H2,1-3H3,(H,19,22). The van der Waals surface area contributed by atoms with Crippen LogP contribution in [0.3, 0.4) is 0 Å². The maximum atomic E-state index is 12.0. The van der Waals surface area contributed by atoms with E-state index in [1.54, 1.807) is 0 Å². The molecule has 6 nitrogen and oxygen atoms in total. The van der Waals surface area contributed by atoms with Crippen molar-refractivity contribution in [2.45, 2.75) is 27.3 Å². The van der Waals surface area contributed by atoms with Gasteiger partial charge in [0.1, 0.15) is 17.5 Å². The molecule has 0 fully saturated rings. The molecule has 1 amide bonds. The Morgan fingerprint density at radius 3 is 2.67 bits per heavy atom. The van der Waals surface area contributed by atoms with Crippen LogP contribution >= 0.6 is 0 Å². The zero-order chi connectivity index (χ0) is 17.1. The number of fused-ring (bicyclic) bond motifs is 1. The number of aromatic nitrogens is 2. The highest BCUT2D eigenvalue weighted by atomic mass is 16.5. The summed E-state index contributed by atoms with van der Waals surface area (Å²) in [7, 11) is 0. The predicted molar refractivity (Wildman–Crippen MR) is 89.8 cm³/mol. The second-order valence-corrected chi connectivity index (χ2v) is 5.69. The molecule has 6 heteroatoms. The Bertz CT molecular complexity index is 869. The van der Waals surface area contributed by atoms with Gasteiger partial charge in [0.15, 0.2) is 6.61 Å². The minimum Gasteiger partial charge on any atom is -0.467 e. The predicted octanol–water partition coefficient (Wildman–Crippen LogP) is 2.84. The number of rotatable bonds is 5. The average molecular weight is 325 g/mol. The van der Waals surface area contributed by atoms with Crippen molar-refractivity contribution in [3.05, 3.63) is 53.0 Å². The number of carbonyl (C=O) groups is 1. The number of nitrogens with zero attached hydrogens (tertiary/aromatic N) is 2. The summed E-state index contributed by atoms with van der Waals surface area (Å²) in [5.74, 6) is 0.916. The molecule has 0 aliphatic rings. The lowest BCUT2D eigenvalue weighted by Crippen LogP contribution is -2.28. The van der Waals surface area contributed by atoms with Crippen LogP contribution in [0.2, 0.25) is 0 Å². The van der Waals surface area contributed by atoms with E-state index in [9.17, 15) is 4.79 Å². The molecule has 0 saturated carbocycles. The molecule has 0 radical (unpaired) electrons. The summed E-state index contributed by atoms with van der Waals surface area (Å²) in [5.41, 5.74) is 3.61. The third-order valence-electron chi connectivity index (χ3n) is 3.88. The molecule has 0 spiro atoms. The topological polar surface area (TPSA) is 77.2 Å². The van der Waals surface area contributed by atoms with E-state index in [1.807, 2.05) is 45.0 Å². The number of carbonyl (C=O) groups excluding carboxylic acids is 1. The molecule has 0 atom stereocenters. The smallest absolute Gasteiger partial charge is 0.258 e.